The van der Waals surface area contributed by atoms with Crippen LogP contribution in [-0.2, 0) is 6.42 Å². The maximum absolute atomic E-state index is 6.61. The molecule has 0 bridgehead atoms. The van der Waals surface area contributed by atoms with E-state index in [9.17, 15) is 0 Å². The van der Waals surface area contributed by atoms with Crippen LogP contribution in [0.15, 0.2) is 54.7 Å². The Balaban J connectivity index is 1.41. The summed E-state index contributed by atoms with van der Waals surface area (Å²) in [5.41, 5.74) is 4.58. The quantitative estimate of drug-likeness (QED) is 0.522. The van der Waals surface area contributed by atoms with Crippen LogP contribution >= 0.6 is 0 Å². The van der Waals surface area contributed by atoms with Crippen LogP contribution in [0.4, 0.5) is 5.69 Å². The Morgan fingerprint density at radius 3 is 2.58 bits per heavy atom. The molecule has 0 spiro atoms. The van der Waals surface area contributed by atoms with Crippen molar-refractivity contribution in [1.29, 1.82) is 0 Å². The van der Waals surface area contributed by atoms with Gasteiger partial charge in [-0.1, -0.05) is 18.2 Å². The van der Waals surface area contributed by atoms with Crippen LogP contribution in [0.2, 0.25) is 0 Å². The van der Waals surface area contributed by atoms with Crippen molar-refractivity contribution in [3.63, 3.8) is 0 Å². The van der Waals surface area contributed by atoms with E-state index in [1.807, 2.05) is 30.3 Å². The first-order valence-corrected chi connectivity index (χ1v) is 12.5. The van der Waals surface area contributed by atoms with Gasteiger partial charge in [0.25, 0.3) is 0 Å². The summed E-state index contributed by atoms with van der Waals surface area (Å²) >= 11 is 0. The van der Waals surface area contributed by atoms with E-state index in [0.717, 1.165) is 61.5 Å². The molecule has 1 aromatic heterocycles. The first kappa shape index (κ1) is 20.8. The molecule has 33 heavy (non-hydrogen) atoms. The third-order valence-corrected chi connectivity index (χ3v) is 7.18. The number of hydrogen-bond acceptors (Lipinski definition) is 4. The van der Waals surface area contributed by atoms with Crippen LogP contribution in [0, 0.1) is 12.5 Å². The van der Waals surface area contributed by atoms with Crippen LogP contribution in [0.5, 0.6) is 11.5 Å². The van der Waals surface area contributed by atoms with Crippen LogP contribution in [-0.4, -0.2) is 28.9 Å². The van der Waals surface area contributed by atoms with Crippen LogP contribution in [0.1, 0.15) is 50.6 Å². The van der Waals surface area contributed by atoms with Gasteiger partial charge in [-0.15, -0.1) is 0 Å². The molecule has 1 saturated carbocycles. The summed E-state index contributed by atoms with van der Waals surface area (Å²) in [6, 6.07) is 17.7. The van der Waals surface area contributed by atoms with Crippen molar-refractivity contribution in [3.05, 3.63) is 66.8 Å². The lowest BCUT2D eigenvalue weighted by Gasteiger charge is -2.37. The van der Waals surface area contributed by atoms with Gasteiger partial charge in [0, 0.05) is 29.1 Å². The van der Waals surface area contributed by atoms with Gasteiger partial charge in [0.15, 0.2) is 0 Å². The zero-order chi connectivity index (χ0) is 22.2. The topological polar surface area (TPSA) is 42.3 Å². The summed E-state index contributed by atoms with van der Waals surface area (Å²) in [7, 11) is 0. The van der Waals surface area contributed by atoms with Gasteiger partial charge in [-0.25, -0.2) is 0 Å². The predicted octanol–water partition coefficient (Wildman–Crippen LogP) is 5.86. The molecule has 2 aromatic carbocycles. The molecule has 2 aliphatic heterocycles. The van der Waals surface area contributed by atoms with E-state index >= 15 is 0 Å². The lowest BCUT2D eigenvalue weighted by molar-refractivity contribution is 0.343. The molecule has 6 rings (SSSR count). The second-order valence-corrected chi connectivity index (χ2v) is 9.68. The molecule has 170 valence electrons. The van der Waals surface area contributed by atoms with Crippen molar-refractivity contribution >= 4 is 5.69 Å². The number of rotatable bonds is 6. The standard InChI is InChI=1S/C28H32N4O/c1-20-7-10-25-27(31(20)19-21-8-9-21)12-11-24(28(25)33-23-5-3-2-4-6-23)26-15-18-32(30-26)22-13-16-29-17-14-22/h2-6,11-12,15,18,20-22,29H,7-10,13-14,16-17H2,1H3/t20-/m0/s1. The fourth-order valence-corrected chi connectivity index (χ4v) is 5.09. The Kier molecular flexibility index (Phi) is 5.58. The molecule has 5 nitrogen and oxygen atoms in total. The summed E-state index contributed by atoms with van der Waals surface area (Å²) in [6.45, 7) is 8.18. The average molecular weight is 441 g/mol. The number of anilines is 1. The summed E-state index contributed by atoms with van der Waals surface area (Å²) in [6.07, 6.45) is 9.02. The first-order valence-electron chi connectivity index (χ1n) is 12.5. The smallest absolute Gasteiger partial charge is 0.142 e. The van der Waals surface area contributed by atoms with E-state index in [4.69, 9.17) is 9.84 Å². The third kappa shape index (κ3) is 4.26. The number of nitrogens with zero attached hydrogens (tertiary/aromatic N) is 3. The van der Waals surface area contributed by atoms with Crippen molar-refractivity contribution in [2.75, 3.05) is 18.0 Å². The van der Waals surface area contributed by atoms with Gasteiger partial charge in [0.2, 0.25) is 0 Å². The summed E-state index contributed by atoms with van der Waals surface area (Å²) in [5.74, 6) is 2.42. The third-order valence-electron chi connectivity index (χ3n) is 7.18. The second-order valence-electron chi connectivity index (χ2n) is 9.68. The number of benzene rings is 2. The molecular formula is C28H32N4O. The van der Waals surface area contributed by atoms with Gasteiger partial charge in [-0.05, 0) is 94.8 Å². The molecule has 1 saturated heterocycles. The molecule has 0 amide bonds. The van der Waals surface area contributed by atoms with Crippen LogP contribution < -0.4 is 15.0 Å². The number of nitrogens with one attached hydrogen (secondary N) is 1. The highest BCUT2D eigenvalue weighted by atomic mass is 16.5. The Labute approximate surface area is 196 Å². The molecule has 1 aliphatic carbocycles. The number of aromatic nitrogens is 2. The second kappa shape index (κ2) is 8.86. The summed E-state index contributed by atoms with van der Waals surface area (Å²) in [4.78, 5) is 2.38. The van der Waals surface area contributed by atoms with Gasteiger partial charge in [0.05, 0.1) is 18.3 Å². The molecule has 2 radical (unpaired) electrons. The Morgan fingerprint density at radius 2 is 1.79 bits per heavy atom. The average Bonchev–Trinajstić information content (AvgIpc) is 3.55. The maximum Gasteiger partial charge on any atom is 0.142 e. The normalized spacial score (nSPS) is 21.1. The molecule has 1 atom stereocenters. The molecule has 2 fully saturated rings. The SMILES string of the molecule is C[C@H]1CCc2c(ccc(-c3ccn(C4CCNCC4)n3)c2Oc2ccccc2)N1[C]C1CC1. The van der Waals surface area contributed by atoms with Crippen molar-refractivity contribution in [2.24, 2.45) is 5.92 Å². The van der Waals surface area contributed by atoms with Gasteiger partial charge >= 0.3 is 0 Å². The predicted molar refractivity (Wildman–Crippen MR) is 132 cm³/mol. The minimum absolute atomic E-state index is 0.465. The Bertz CT molecular complexity index is 1100. The zero-order valence-corrected chi connectivity index (χ0v) is 19.3. The number of ether oxygens (including phenoxy) is 1. The van der Waals surface area contributed by atoms with Crippen molar-refractivity contribution in [3.8, 4) is 22.8 Å². The zero-order valence-electron chi connectivity index (χ0n) is 19.3. The highest BCUT2D eigenvalue weighted by Crippen LogP contribution is 2.46. The minimum atomic E-state index is 0.465. The summed E-state index contributed by atoms with van der Waals surface area (Å²) < 4.78 is 8.77. The fraction of sp³-hybridized carbons (Fsp3) is 0.429. The summed E-state index contributed by atoms with van der Waals surface area (Å²) in [5, 5.41) is 8.47. The molecule has 0 unspecified atom stereocenters. The molecule has 3 aliphatic rings. The van der Waals surface area contributed by atoms with Gasteiger partial charge in [-0.3, -0.25) is 4.68 Å². The van der Waals surface area contributed by atoms with Crippen LogP contribution in [0.25, 0.3) is 11.3 Å². The number of fused-ring (bicyclic) bond motifs is 1. The lowest BCUT2D eigenvalue weighted by atomic mass is 9.92. The minimum Gasteiger partial charge on any atom is -0.456 e. The van der Waals surface area contributed by atoms with E-state index in [-0.39, 0.29) is 0 Å². The van der Waals surface area contributed by atoms with E-state index in [2.05, 4.69) is 52.8 Å². The molecule has 3 aromatic rings. The molecule has 3 heterocycles. The molecule has 1 N–H and O–H groups in total. The maximum atomic E-state index is 6.61. The van der Waals surface area contributed by atoms with Crippen molar-refractivity contribution in [2.45, 2.75) is 57.5 Å². The monoisotopic (exact) mass is 440 g/mol. The van der Waals surface area contributed by atoms with E-state index in [0.29, 0.717) is 18.0 Å². The number of hydrogen-bond donors (Lipinski definition) is 1. The highest BCUT2D eigenvalue weighted by molar-refractivity contribution is 5.77. The number of para-hydroxylation sites is 1. The van der Waals surface area contributed by atoms with Crippen molar-refractivity contribution < 1.29 is 4.74 Å². The van der Waals surface area contributed by atoms with E-state index in [1.165, 1.54) is 24.1 Å². The molecule has 5 heteroatoms. The van der Waals surface area contributed by atoms with E-state index < -0.39 is 0 Å². The lowest BCUT2D eigenvalue weighted by Crippen LogP contribution is -2.35. The fourth-order valence-electron chi connectivity index (χ4n) is 5.09. The van der Waals surface area contributed by atoms with Gasteiger partial charge in [-0.2, -0.15) is 5.10 Å². The number of piperidine rings is 1. The van der Waals surface area contributed by atoms with E-state index in [1.54, 1.807) is 0 Å². The first-order chi connectivity index (χ1) is 16.3. The Hall–Kier alpha value is -2.79. The van der Waals surface area contributed by atoms with Gasteiger partial charge < -0.3 is 15.0 Å². The van der Waals surface area contributed by atoms with Gasteiger partial charge in [0.1, 0.15) is 11.5 Å². The van der Waals surface area contributed by atoms with Crippen LogP contribution in [0.3, 0.4) is 0 Å². The Morgan fingerprint density at radius 1 is 0.970 bits per heavy atom. The van der Waals surface area contributed by atoms with Crippen molar-refractivity contribution in [1.82, 2.24) is 15.1 Å². The highest BCUT2D eigenvalue weighted by Gasteiger charge is 2.33. The molecular weight excluding hydrogens is 408 g/mol. The largest absolute Gasteiger partial charge is 0.456 e.